The van der Waals surface area contributed by atoms with Gasteiger partial charge in [-0.1, -0.05) is 12.3 Å². The number of aliphatic imine (C=N–C) groups is 1. The van der Waals surface area contributed by atoms with Crippen LogP contribution in [0.1, 0.15) is 31.2 Å². The number of hydrogen-bond acceptors (Lipinski definition) is 6. The van der Waals surface area contributed by atoms with Gasteiger partial charge in [0.25, 0.3) is 0 Å². The van der Waals surface area contributed by atoms with Gasteiger partial charge in [-0.25, -0.2) is 9.79 Å². The minimum Gasteiger partial charge on any atom is -0.507 e. The van der Waals surface area contributed by atoms with Crippen molar-refractivity contribution in [3.8, 4) is 23.8 Å². The fourth-order valence-electron chi connectivity index (χ4n) is 2.33. The van der Waals surface area contributed by atoms with E-state index in [1.165, 1.54) is 17.8 Å². The Bertz CT molecular complexity index is 697. The molecule has 3 N–H and O–H groups in total. The molecule has 0 saturated heterocycles. The standard InChI is InChI=1S/C18H21NO5S/c1-2-18(17(22)23)12-25-16(19-18)14-8-7-13(11-15(14)21)24-10-6-4-3-5-9-20/h1,7-8,11,20-21H,3-6,9-10,12H2,(H,22,23)/t18-/m1/s1. The molecular formula is C18H21NO5S. The molecule has 1 aliphatic heterocycles. The first-order valence-electron chi connectivity index (χ1n) is 8.03. The van der Waals surface area contributed by atoms with Crippen LogP contribution in [0.4, 0.5) is 0 Å². The summed E-state index contributed by atoms with van der Waals surface area (Å²) in [7, 11) is 0. The molecule has 0 unspecified atom stereocenters. The predicted molar refractivity (Wildman–Crippen MR) is 97.4 cm³/mol. The number of rotatable bonds is 9. The van der Waals surface area contributed by atoms with Gasteiger partial charge in [0, 0.05) is 24.0 Å². The molecule has 7 heteroatoms. The summed E-state index contributed by atoms with van der Waals surface area (Å²) in [6.45, 7) is 0.736. The van der Waals surface area contributed by atoms with Gasteiger partial charge in [0.05, 0.1) is 6.61 Å². The van der Waals surface area contributed by atoms with Gasteiger partial charge in [0.2, 0.25) is 5.54 Å². The van der Waals surface area contributed by atoms with Crippen LogP contribution in [-0.4, -0.2) is 50.8 Å². The van der Waals surface area contributed by atoms with Crippen LogP contribution in [0, 0.1) is 12.3 Å². The summed E-state index contributed by atoms with van der Waals surface area (Å²) in [6.07, 6.45) is 8.92. The second-order valence-electron chi connectivity index (χ2n) is 5.68. The Morgan fingerprint density at radius 1 is 1.36 bits per heavy atom. The third-order valence-corrected chi connectivity index (χ3v) is 4.97. The number of nitrogens with zero attached hydrogens (tertiary/aromatic N) is 1. The number of hydrogen-bond donors (Lipinski definition) is 3. The maximum absolute atomic E-state index is 11.3. The zero-order chi connectivity index (χ0) is 18.3. The average Bonchev–Trinajstić information content (AvgIpc) is 3.04. The van der Waals surface area contributed by atoms with Crippen LogP contribution < -0.4 is 4.74 Å². The largest absolute Gasteiger partial charge is 0.507 e. The van der Waals surface area contributed by atoms with Crippen molar-refractivity contribution in [1.82, 2.24) is 0 Å². The highest BCUT2D eigenvalue weighted by Gasteiger charge is 2.42. The fraction of sp³-hybridized carbons (Fsp3) is 0.444. The van der Waals surface area contributed by atoms with Crippen LogP contribution >= 0.6 is 11.8 Å². The van der Waals surface area contributed by atoms with Crippen molar-refractivity contribution in [2.75, 3.05) is 19.0 Å². The minimum atomic E-state index is -1.57. The average molecular weight is 363 g/mol. The summed E-state index contributed by atoms with van der Waals surface area (Å²) in [6, 6.07) is 4.85. The molecule has 1 heterocycles. The zero-order valence-electron chi connectivity index (χ0n) is 13.8. The van der Waals surface area contributed by atoms with Gasteiger partial charge in [0.15, 0.2) is 0 Å². The fourth-order valence-corrected chi connectivity index (χ4v) is 3.50. The van der Waals surface area contributed by atoms with E-state index in [4.69, 9.17) is 16.3 Å². The molecule has 1 aromatic rings. The monoisotopic (exact) mass is 363 g/mol. The quantitative estimate of drug-likeness (QED) is 0.460. The van der Waals surface area contributed by atoms with Gasteiger partial charge in [-0.3, -0.25) is 0 Å². The second kappa shape index (κ2) is 8.79. The maximum atomic E-state index is 11.3. The first kappa shape index (κ1) is 19.2. The Morgan fingerprint density at radius 3 is 2.72 bits per heavy atom. The molecule has 6 nitrogen and oxygen atoms in total. The van der Waals surface area contributed by atoms with Crippen LogP contribution in [0.3, 0.4) is 0 Å². The van der Waals surface area contributed by atoms with Crippen LogP contribution in [0.5, 0.6) is 11.5 Å². The molecule has 134 valence electrons. The van der Waals surface area contributed by atoms with E-state index in [2.05, 4.69) is 10.9 Å². The van der Waals surface area contributed by atoms with Crippen LogP contribution in [-0.2, 0) is 4.79 Å². The summed E-state index contributed by atoms with van der Waals surface area (Å²) in [4.78, 5) is 15.4. The Hall–Kier alpha value is -2.17. The van der Waals surface area contributed by atoms with Gasteiger partial charge >= 0.3 is 5.97 Å². The lowest BCUT2D eigenvalue weighted by Gasteiger charge is -2.11. The molecule has 0 saturated carbocycles. The Morgan fingerprint density at radius 2 is 2.12 bits per heavy atom. The van der Waals surface area contributed by atoms with Gasteiger partial charge in [0.1, 0.15) is 16.5 Å². The SMILES string of the molecule is C#C[C@]1(C(=O)O)CSC(c2ccc(OCCCCCCO)cc2O)=N1. The molecule has 2 rings (SSSR count). The summed E-state index contributed by atoms with van der Waals surface area (Å²) >= 11 is 1.21. The van der Waals surface area contributed by atoms with Crippen molar-refractivity contribution in [2.45, 2.75) is 31.2 Å². The van der Waals surface area contributed by atoms with Gasteiger partial charge in [-0.05, 0) is 31.4 Å². The Labute approximate surface area is 150 Å². The normalized spacial score (nSPS) is 19.3. The smallest absolute Gasteiger partial charge is 0.345 e. The van der Waals surface area contributed by atoms with Gasteiger partial charge in [-0.15, -0.1) is 18.2 Å². The van der Waals surface area contributed by atoms with E-state index in [9.17, 15) is 15.0 Å². The number of phenolic OH excluding ortho intramolecular Hbond substituents is 1. The lowest BCUT2D eigenvalue weighted by molar-refractivity contribution is -0.140. The molecule has 0 fully saturated rings. The number of aromatic hydroxyl groups is 1. The molecule has 1 atom stereocenters. The van der Waals surface area contributed by atoms with Gasteiger partial charge < -0.3 is 20.1 Å². The van der Waals surface area contributed by atoms with E-state index < -0.39 is 11.5 Å². The zero-order valence-corrected chi connectivity index (χ0v) is 14.6. The van der Waals surface area contributed by atoms with Crippen molar-refractivity contribution < 1.29 is 24.9 Å². The van der Waals surface area contributed by atoms with E-state index in [1.807, 2.05) is 0 Å². The van der Waals surface area contributed by atoms with Crippen LogP contribution in [0.15, 0.2) is 23.2 Å². The highest BCUT2D eigenvalue weighted by atomic mass is 32.2. The highest BCUT2D eigenvalue weighted by Crippen LogP contribution is 2.35. The Kier molecular flexibility index (Phi) is 6.73. The minimum absolute atomic E-state index is 0.0257. The summed E-state index contributed by atoms with van der Waals surface area (Å²) < 4.78 is 5.59. The number of aliphatic hydroxyl groups excluding tert-OH is 1. The molecule has 0 aliphatic carbocycles. The molecule has 0 amide bonds. The third kappa shape index (κ3) is 4.68. The van der Waals surface area contributed by atoms with E-state index >= 15 is 0 Å². The molecule has 1 aromatic carbocycles. The van der Waals surface area contributed by atoms with E-state index in [0.29, 0.717) is 23.0 Å². The van der Waals surface area contributed by atoms with Crippen molar-refractivity contribution in [2.24, 2.45) is 4.99 Å². The lowest BCUT2D eigenvalue weighted by Crippen LogP contribution is -2.35. The number of aliphatic carboxylic acids is 1. The lowest BCUT2D eigenvalue weighted by atomic mass is 10.1. The van der Waals surface area contributed by atoms with Crippen molar-refractivity contribution in [3.05, 3.63) is 23.8 Å². The van der Waals surface area contributed by atoms with Crippen molar-refractivity contribution in [1.29, 1.82) is 0 Å². The number of unbranched alkanes of at least 4 members (excludes halogenated alkanes) is 3. The summed E-state index contributed by atoms with van der Waals surface area (Å²) in [5, 5.41) is 28.6. The number of benzene rings is 1. The number of aliphatic hydroxyl groups is 1. The maximum Gasteiger partial charge on any atom is 0.345 e. The third-order valence-electron chi connectivity index (χ3n) is 3.82. The number of carbonyl (C=O) groups is 1. The number of carboxylic acid groups (broad SMARTS) is 1. The first-order valence-corrected chi connectivity index (χ1v) is 9.02. The summed E-state index contributed by atoms with van der Waals surface area (Å²) in [5.41, 5.74) is -1.13. The molecular weight excluding hydrogens is 342 g/mol. The van der Waals surface area contributed by atoms with Crippen molar-refractivity contribution in [3.63, 3.8) is 0 Å². The van der Waals surface area contributed by atoms with Crippen LogP contribution in [0.2, 0.25) is 0 Å². The molecule has 0 aromatic heterocycles. The molecule has 25 heavy (non-hydrogen) atoms. The predicted octanol–water partition coefficient (Wildman–Crippen LogP) is 2.27. The topological polar surface area (TPSA) is 99.4 Å². The van der Waals surface area contributed by atoms with E-state index in [1.54, 1.807) is 12.1 Å². The van der Waals surface area contributed by atoms with E-state index in [-0.39, 0.29) is 18.1 Å². The summed E-state index contributed by atoms with van der Waals surface area (Å²) in [5.74, 6) is 1.71. The molecule has 0 spiro atoms. The number of carboxylic acids is 1. The van der Waals surface area contributed by atoms with Gasteiger partial charge in [-0.2, -0.15) is 0 Å². The number of ether oxygens (including phenoxy) is 1. The molecule has 0 bridgehead atoms. The molecule has 1 aliphatic rings. The highest BCUT2D eigenvalue weighted by molar-refractivity contribution is 8.14. The van der Waals surface area contributed by atoms with Crippen molar-refractivity contribution >= 4 is 22.8 Å². The number of thioether (sulfide) groups is 1. The number of terminal acetylenes is 1. The first-order chi connectivity index (χ1) is 12.0. The second-order valence-corrected chi connectivity index (χ2v) is 6.64. The number of phenols is 1. The Balaban J connectivity index is 2.00. The molecule has 0 radical (unpaired) electrons. The van der Waals surface area contributed by atoms with E-state index in [0.717, 1.165) is 25.7 Å². The van der Waals surface area contributed by atoms with Crippen LogP contribution in [0.25, 0.3) is 0 Å².